The van der Waals surface area contributed by atoms with Crippen molar-refractivity contribution >= 4 is 18.1 Å². The minimum absolute atomic E-state index is 0. The maximum absolute atomic E-state index is 5.38. The van der Waals surface area contributed by atoms with Crippen molar-refractivity contribution in [2.45, 2.75) is 32.7 Å². The van der Waals surface area contributed by atoms with Crippen molar-refractivity contribution in [2.75, 3.05) is 44.7 Å². The lowest BCUT2D eigenvalue weighted by atomic mass is 10.2. The van der Waals surface area contributed by atoms with Crippen LogP contribution in [-0.2, 0) is 12.8 Å². The monoisotopic (exact) mass is 379 g/mol. The maximum Gasteiger partial charge on any atom is 0.227 e. The number of benzene rings is 1. The lowest BCUT2D eigenvalue weighted by Crippen LogP contribution is -2.47. The molecular weight excluding hydrogens is 350 g/mol. The van der Waals surface area contributed by atoms with Crippen molar-refractivity contribution in [3.63, 3.8) is 0 Å². The second kappa shape index (κ2) is 9.90. The van der Waals surface area contributed by atoms with Gasteiger partial charge in [-0.1, -0.05) is 17.3 Å². The highest BCUT2D eigenvalue weighted by Crippen LogP contribution is 2.17. The number of hydrogen-bond donors (Lipinski definition) is 1. The van der Waals surface area contributed by atoms with Crippen LogP contribution in [0.15, 0.2) is 28.8 Å². The molecular formula is C19H30ClN5O. The summed E-state index contributed by atoms with van der Waals surface area (Å²) in [6, 6.07) is 9.12. The number of nitrogens with one attached hydrogen (secondary N) is 1. The Morgan fingerprint density at radius 2 is 2.00 bits per heavy atom. The molecule has 0 spiro atoms. The molecule has 0 radical (unpaired) electrons. The maximum atomic E-state index is 5.38. The number of aromatic nitrogens is 2. The van der Waals surface area contributed by atoms with Gasteiger partial charge in [0.2, 0.25) is 5.89 Å². The molecule has 1 N–H and O–H groups in total. The van der Waals surface area contributed by atoms with Gasteiger partial charge in [-0.25, -0.2) is 0 Å². The molecule has 0 aliphatic carbocycles. The fourth-order valence-electron chi connectivity index (χ4n) is 3.16. The number of aryl methyl sites for hydroxylation is 1. The van der Waals surface area contributed by atoms with Gasteiger partial charge in [-0.2, -0.15) is 4.98 Å². The third kappa shape index (κ3) is 5.69. The van der Waals surface area contributed by atoms with E-state index >= 15 is 0 Å². The summed E-state index contributed by atoms with van der Waals surface area (Å²) in [6.45, 7) is 9.53. The highest BCUT2D eigenvalue weighted by atomic mass is 35.5. The molecule has 1 aromatic carbocycles. The Morgan fingerprint density at radius 1 is 1.23 bits per heavy atom. The second-order valence-corrected chi connectivity index (χ2v) is 6.92. The van der Waals surface area contributed by atoms with Gasteiger partial charge in [0.1, 0.15) is 0 Å². The molecule has 1 aliphatic heterocycles. The average Bonchev–Trinajstić information content (AvgIpc) is 3.07. The summed E-state index contributed by atoms with van der Waals surface area (Å²) in [5, 5.41) is 7.27. The molecule has 3 rings (SSSR count). The van der Waals surface area contributed by atoms with Gasteiger partial charge in [0.25, 0.3) is 0 Å². The molecule has 7 heteroatoms. The van der Waals surface area contributed by atoms with Gasteiger partial charge in [0.15, 0.2) is 5.82 Å². The highest BCUT2D eigenvalue weighted by Gasteiger charge is 2.18. The van der Waals surface area contributed by atoms with Crippen molar-refractivity contribution < 1.29 is 4.52 Å². The fourth-order valence-corrected chi connectivity index (χ4v) is 3.16. The second-order valence-electron chi connectivity index (χ2n) is 6.92. The number of likely N-dealkylation sites (N-methyl/N-ethyl adjacent to an activating group) is 1. The predicted octanol–water partition coefficient (Wildman–Crippen LogP) is 2.31. The molecule has 6 nitrogen and oxygen atoms in total. The van der Waals surface area contributed by atoms with E-state index in [0.717, 1.165) is 57.3 Å². The molecule has 1 saturated heterocycles. The minimum atomic E-state index is 0. The van der Waals surface area contributed by atoms with E-state index in [1.165, 1.54) is 11.3 Å². The Balaban J connectivity index is 0.00000243. The van der Waals surface area contributed by atoms with Crippen molar-refractivity contribution in [3.8, 4) is 0 Å². The smallest absolute Gasteiger partial charge is 0.227 e. The Kier molecular flexibility index (Phi) is 7.87. The lowest BCUT2D eigenvalue weighted by molar-refractivity contribution is 0.249. The van der Waals surface area contributed by atoms with E-state index in [2.05, 4.69) is 63.4 Å². The first-order chi connectivity index (χ1) is 12.1. The van der Waals surface area contributed by atoms with E-state index in [4.69, 9.17) is 4.52 Å². The molecule has 0 amide bonds. The average molecular weight is 380 g/mol. The third-order valence-corrected chi connectivity index (χ3v) is 4.87. The van der Waals surface area contributed by atoms with Crippen LogP contribution >= 0.6 is 12.4 Å². The van der Waals surface area contributed by atoms with E-state index in [9.17, 15) is 0 Å². The van der Waals surface area contributed by atoms with Crippen molar-refractivity contribution in [1.82, 2.24) is 20.4 Å². The largest absolute Gasteiger partial charge is 0.369 e. The summed E-state index contributed by atoms with van der Waals surface area (Å²) < 4.78 is 5.38. The quantitative estimate of drug-likeness (QED) is 0.796. The molecule has 1 atom stereocenters. The summed E-state index contributed by atoms with van der Waals surface area (Å²) in [4.78, 5) is 9.44. The van der Waals surface area contributed by atoms with Gasteiger partial charge in [-0.3, -0.25) is 4.90 Å². The number of halogens is 1. The molecule has 0 saturated carbocycles. The molecule has 1 unspecified atom stereocenters. The van der Waals surface area contributed by atoms with Crippen LogP contribution in [0.5, 0.6) is 0 Å². The van der Waals surface area contributed by atoms with Gasteiger partial charge >= 0.3 is 0 Å². The summed E-state index contributed by atoms with van der Waals surface area (Å²) >= 11 is 0. The summed E-state index contributed by atoms with van der Waals surface area (Å²) in [7, 11) is 1.95. The van der Waals surface area contributed by atoms with Crippen LogP contribution in [0.3, 0.4) is 0 Å². The number of anilines is 1. The first-order valence-electron chi connectivity index (χ1n) is 9.17. The lowest BCUT2D eigenvalue weighted by Gasteiger charge is -2.36. The van der Waals surface area contributed by atoms with Crippen LogP contribution in [0.2, 0.25) is 0 Å². The number of nitrogens with zero attached hydrogens (tertiary/aromatic N) is 4. The molecule has 1 fully saturated rings. The zero-order valence-corrected chi connectivity index (χ0v) is 16.8. The SMILES string of the molecule is CNC(C)Cc1noc(CCN2CCN(c3cccc(C)c3)CC2)n1.Cl. The zero-order chi connectivity index (χ0) is 17.6. The molecule has 26 heavy (non-hydrogen) atoms. The van der Waals surface area contributed by atoms with Crippen LogP contribution in [0.25, 0.3) is 0 Å². The van der Waals surface area contributed by atoms with E-state index in [0.29, 0.717) is 6.04 Å². The fraction of sp³-hybridized carbons (Fsp3) is 0.579. The first kappa shape index (κ1) is 20.7. The van der Waals surface area contributed by atoms with Crippen LogP contribution in [0, 0.1) is 6.92 Å². The van der Waals surface area contributed by atoms with Gasteiger partial charge in [-0.05, 0) is 38.6 Å². The molecule has 144 valence electrons. The van der Waals surface area contributed by atoms with Gasteiger partial charge < -0.3 is 14.7 Å². The first-order valence-corrected chi connectivity index (χ1v) is 9.17. The van der Waals surface area contributed by atoms with Gasteiger partial charge in [0, 0.05) is 57.3 Å². The topological polar surface area (TPSA) is 57.4 Å². The number of hydrogen-bond acceptors (Lipinski definition) is 6. The molecule has 1 aromatic heterocycles. The molecule has 0 bridgehead atoms. The summed E-state index contributed by atoms with van der Waals surface area (Å²) in [5.74, 6) is 1.54. The Hall–Kier alpha value is -1.63. The van der Waals surface area contributed by atoms with Gasteiger partial charge in [0.05, 0.1) is 0 Å². The van der Waals surface area contributed by atoms with E-state index in [1.54, 1.807) is 0 Å². The standard InChI is InChI=1S/C19H29N5O.ClH/c1-15-5-4-6-17(13-15)24-11-9-23(10-12-24)8-7-19-21-18(22-25-19)14-16(2)20-3;/h4-6,13,16,20H,7-12,14H2,1-3H3;1H. The van der Waals surface area contributed by atoms with Crippen molar-refractivity contribution in [1.29, 1.82) is 0 Å². The van der Waals surface area contributed by atoms with Crippen molar-refractivity contribution in [2.24, 2.45) is 0 Å². The van der Waals surface area contributed by atoms with E-state index < -0.39 is 0 Å². The van der Waals surface area contributed by atoms with Gasteiger partial charge in [-0.15, -0.1) is 12.4 Å². The zero-order valence-electron chi connectivity index (χ0n) is 15.9. The Labute approximate surface area is 162 Å². The van der Waals surface area contributed by atoms with Crippen LogP contribution in [0.1, 0.15) is 24.2 Å². The summed E-state index contributed by atoms with van der Waals surface area (Å²) in [5.41, 5.74) is 2.65. The Morgan fingerprint density at radius 3 is 2.69 bits per heavy atom. The highest BCUT2D eigenvalue weighted by molar-refractivity contribution is 5.85. The molecule has 1 aliphatic rings. The summed E-state index contributed by atoms with van der Waals surface area (Å²) in [6.07, 6.45) is 1.63. The van der Waals surface area contributed by atoms with Crippen LogP contribution in [-0.4, -0.2) is 60.9 Å². The van der Waals surface area contributed by atoms with Crippen LogP contribution < -0.4 is 10.2 Å². The molecule has 2 aromatic rings. The van der Waals surface area contributed by atoms with E-state index in [-0.39, 0.29) is 12.4 Å². The number of rotatable bonds is 7. The molecule has 2 heterocycles. The van der Waals surface area contributed by atoms with Crippen molar-refractivity contribution in [3.05, 3.63) is 41.5 Å². The predicted molar refractivity (Wildman–Crippen MR) is 107 cm³/mol. The number of piperazine rings is 1. The minimum Gasteiger partial charge on any atom is -0.369 e. The Bertz CT molecular complexity index is 669. The van der Waals surface area contributed by atoms with Crippen LogP contribution in [0.4, 0.5) is 5.69 Å². The third-order valence-electron chi connectivity index (χ3n) is 4.87. The normalized spacial score (nSPS) is 16.3. The van der Waals surface area contributed by atoms with E-state index in [1.807, 2.05) is 7.05 Å².